The molecule has 0 spiro atoms. The summed E-state index contributed by atoms with van der Waals surface area (Å²) in [5.74, 6) is -1.38. The zero-order valence-electron chi connectivity index (χ0n) is 12.3. The number of carbonyl (C=O) groups is 2. The van der Waals surface area contributed by atoms with Crippen molar-refractivity contribution >= 4 is 28.4 Å². The van der Waals surface area contributed by atoms with Crippen LogP contribution in [-0.4, -0.2) is 33.0 Å². The fraction of sp³-hybridized carbons (Fsp3) is 0.125. The largest absolute Gasteiger partial charge is 0.617 e. The molecule has 6 nitrogen and oxygen atoms in total. The number of quaternary nitrogens is 1. The van der Waals surface area contributed by atoms with Crippen molar-refractivity contribution in [2.45, 2.75) is 10.9 Å². The first kappa shape index (κ1) is 15.5. The summed E-state index contributed by atoms with van der Waals surface area (Å²) in [7, 11) is -0.972. The number of ketones is 1. The van der Waals surface area contributed by atoms with Gasteiger partial charge in [0.2, 0.25) is 22.8 Å². The molecule has 0 saturated carbocycles. The molecule has 3 unspecified atom stereocenters. The molecule has 3 atom stereocenters. The number of benzene rings is 2. The van der Waals surface area contributed by atoms with Crippen LogP contribution in [0.2, 0.25) is 0 Å². The number of anilines is 1. The topological polar surface area (TPSA) is 86.3 Å². The van der Waals surface area contributed by atoms with E-state index in [1.165, 1.54) is 12.1 Å². The van der Waals surface area contributed by atoms with Crippen LogP contribution in [0.1, 0.15) is 10.4 Å². The molecule has 2 aromatic rings. The van der Waals surface area contributed by atoms with Gasteiger partial charge in [-0.15, -0.1) is 0 Å². The Hall–Kier alpha value is -2.35. The van der Waals surface area contributed by atoms with Crippen LogP contribution in [-0.2, 0) is 15.8 Å². The number of Topliss-reactive ketones (excluding diaryl/α,β-unsaturated/α-hetero) is 1. The van der Waals surface area contributed by atoms with E-state index < -0.39 is 32.8 Å². The zero-order valence-corrected chi connectivity index (χ0v) is 13.1. The van der Waals surface area contributed by atoms with Crippen molar-refractivity contribution in [3.8, 4) is 0 Å². The van der Waals surface area contributed by atoms with E-state index in [4.69, 9.17) is 0 Å². The molecular weight excluding hydrogens is 316 g/mol. The molecule has 0 bridgehead atoms. The van der Waals surface area contributed by atoms with Gasteiger partial charge in [-0.2, -0.15) is 4.21 Å². The van der Waals surface area contributed by atoms with E-state index in [0.29, 0.717) is 5.69 Å². The van der Waals surface area contributed by atoms with Crippen LogP contribution in [0.25, 0.3) is 0 Å². The van der Waals surface area contributed by atoms with Crippen molar-refractivity contribution in [1.29, 1.82) is 0 Å². The van der Waals surface area contributed by atoms with E-state index in [0.717, 1.165) is 7.05 Å². The Balaban J connectivity index is 2.00. The van der Waals surface area contributed by atoms with Gasteiger partial charge in [0.05, 0.1) is 7.05 Å². The number of rotatable bonds is 2. The second kappa shape index (κ2) is 5.69. The molecule has 0 saturated heterocycles. The highest BCUT2D eigenvalue weighted by Crippen LogP contribution is 2.32. The summed E-state index contributed by atoms with van der Waals surface area (Å²) >= 11 is 0. The third-order valence-corrected chi connectivity index (χ3v) is 5.28. The van der Waals surface area contributed by atoms with Crippen LogP contribution in [0.3, 0.4) is 0 Å². The summed E-state index contributed by atoms with van der Waals surface area (Å²) in [6.07, 6.45) is 0. The van der Waals surface area contributed by atoms with Crippen molar-refractivity contribution in [3.05, 3.63) is 65.4 Å². The maximum Gasteiger partial charge on any atom is 0.292 e. The minimum atomic E-state index is -2.05. The molecule has 1 aliphatic heterocycles. The number of hydrogen-bond acceptors (Lipinski definition) is 4. The molecule has 1 amide bonds. The lowest BCUT2D eigenvalue weighted by molar-refractivity contribution is -0.733. The van der Waals surface area contributed by atoms with E-state index >= 15 is 0 Å². The Morgan fingerprint density at radius 3 is 2.43 bits per heavy atom. The highest BCUT2D eigenvalue weighted by Gasteiger charge is 2.49. The van der Waals surface area contributed by atoms with Crippen LogP contribution >= 0.6 is 0 Å². The van der Waals surface area contributed by atoms with E-state index in [-0.39, 0.29) is 10.5 Å². The molecule has 118 valence electrons. The van der Waals surface area contributed by atoms with Gasteiger partial charge in [-0.3, -0.25) is 13.6 Å². The number of para-hydroxylation sites is 1. The lowest BCUT2D eigenvalue weighted by atomic mass is 10.0. The molecule has 1 aliphatic rings. The van der Waals surface area contributed by atoms with Crippen LogP contribution in [0.4, 0.5) is 5.69 Å². The van der Waals surface area contributed by atoms with Gasteiger partial charge < -0.3 is 10.5 Å². The Morgan fingerprint density at radius 1 is 1.13 bits per heavy atom. The minimum Gasteiger partial charge on any atom is -0.617 e. The smallest absolute Gasteiger partial charge is 0.292 e. The summed E-state index contributed by atoms with van der Waals surface area (Å²) in [6.45, 7) is 0. The second-order valence-electron chi connectivity index (χ2n) is 5.28. The standard InChI is InChI=1S/C16H14N2O4S/c1-18(21)14(16(20)17-11-7-3-2-4-8-11)15(19)12-9-5-6-10-13(12)23(18)22/h2-10,14H,1H3,(H,17,20). The second-order valence-corrected chi connectivity index (χ2v) is 6.94. The predicted molar refractivity (Wildman–Crippen MR) is 85.6 cm³/mol. The molecule has 0 aromatic heterocycles. The molecule has 1 N–H and O–H groups in total. The molecule has 0 fully saturated rings. The molecule has 3 rings (SSSR count). The lowest BCUT2D eigenvalue weighted by Gasteiger charge is -2.43. The summed E-state index contributed by atoms with van der Waals surface area (Å²) in [6, 6.07) is 13.1. The maximum atomic E-state index is 12.7. The number of amides is 1. The van der Waals surface area contributed by atoms with E-state index in [9.17, 15) is 19.0 Å². The number of hydrogen-bond donors (Lipinski definition) is 1. The Labute approximate surface area is 135 Å². The molecule has 23 heavy (non-hydrogen) atoms. The van der Waals surface area contributed by atoms with Gasteiger partial charge in [0, 0.05) is 11.3 Å². The lowest BCUT2D eigenvalue weighted by Crippen LogP contribution is -2.60. The highest BCUT2D eigenvalue weighted by molar-refractivity contribution is 7.79. The Bertz CT molecular complexity index is 805. The summed E-state index contributed by atoms with van der Waals surface area (Å²) in [5, 5.41) is 15.3. The average Bonchev–Trinajstić information content (AvgIpc) is 2.54. The quantitative estimate of drug-likeness (QED) is 0.517. The summed E-state index contributed by atoms with van der Waals surface area (Å²) in [5.41, 5.74) is 0.625. The number of carbonyl (C=O) groups excluding carboxylic acids is 2. The molecule has 7 heteroatoms. The Kier molecular flexibility index (Phi) is 3.85. The van der Waals surface area contributed by atoms with Gasteiger partial charge in [-0.25, -0.2) is 0 Å². The van der Waals surface area contributed by atoms with E-state index in [1.54, 1.807) is 42.5 Å². The van der Waals surface area contributed by atoms with Crippen molar-refractivity contribution in [2.24, 2.45) is 0 Å². The van der Waals surface area contributed by atoms with Crippen LogP contribution in [0.5, 0.6) is 0 Å². The van der Waals surface area contributed by atoms with Crippen molar-refractivity contribution < 1.29 is 17.8 Å². The first-order valence-corrected chi connectivity index (χ1v) is 8.02. The Morgan fingerprint density at radius 2 is 1.74 bits per heavy atom. The molecule has 0 radical (unpaired) electrons. The number of likely N-dealkylation sites (N-methyl/N-ethyl adjacent to an activating group) is 1. The van der Waals surface area contributed by atoms with Gasteiger partial charge in [0.1, 0.15) is 4.90 Å². The van der Waals surface area contributed by atoms with Crippen molar-refractivity contribution in [1.82, 2.24) is 0 Å². The number of hydroxylamine groups is 2. The van der Waals surface area contributed by atoms with Crippen LogP contribution in [0, 0.1) is 5.21 Å². The van der Waals surface area contributed by atoms with E-state index in [2.05, 4.69) is 5.32 Å². The van der Waals surface area contributed by atoms with Gasteiger partial charge in [-0.05, 0) is 24.3 Å². The fourth-order valence-corrected chi connectivity index (χ4v) is 3.86. The molecular formula is C16H14N2O4S. The maximum absolute atomic E-state index is 12.7. The molecule has 0 aliphatic carbocycles. The molecule has 1 heterocycles. The van der Waals surface area contributed by atoms with Crippen molar-refractivity contribution in [2.75, 3.05) is 12.4 Å². The van der Waals surface area contributed by atoms with E-state index in [1.807, 2.05) is 0 Å². The summed E-state index contributed by atoms with van der Waals surface area (Å²) in [4.78, 5) is 25.2. The SMILES string of the molecule is C[N+]1([O-])C(C(=O)Nc2ccccc2)C(=O)c2ccccc2S1=O. The van der Waals surface area contributed by atoms with Crippen LogP contribution in [0.15, 0.2) is 59.5 Å². The van der Waals surface area contributed by atoms with Gasteiger partial charge in [0.25, 0.3) is 5.91 Å². The fourth-order valence-electron chi connectivity index (χ4n) is 2.54. The summed E-state index contributed by atoms with van der Waals surface area (Å²) < 4.78 is 11.0. The van der Waals surface area contributed by atoms with Gasteiger partial charge in [-0.1, -0.05) is 30.3 Å². The average molecular weight is 330 g/mol. The number of nitrogens with zero attached hydrogens (tertiary/aromatic N) is 1. The minimum absolute atomic E-state index is 0.158. The third-order valence-electron chi connectivity index (χ3n) is 3.68. The van der Waals surface area contributed by atoms with Crippen LogP contribution < -0.4 is 5.32 Å². The number of fused-ring (bicyclic) bond motifs is 1. The van der Waals surface area contributed by atoms with Gasteiger partial charge in [0.15, 0.2) is 0 Å². The first-order valence-electron chi connectivity index (χ1n) is 6.91. The molecule has 2 aromatic carbocycles. The monoisotopic (exact) mass is 330 g/mol. The highest BCUT2D eigenvalue weighted by atomic mass is 32.2. The third kappa shape index (κ3) is 2.59. The van der Waals surface area contributed by atoms with Crippen molar-refractivity contribution in [3.63, 3.8) is 0 Å². The van der Waals surface area contributed by atoms with Gasteiger partial charge >= 0.3 is 0 Å². The number of nitrogens with one attached hydrogen (secondary N) is 1. The first-order chi connectivity index (χ1) is 10.9. The normalized spacial score (nSPS) is 26.4. The zero-order chi connectivity index (χ0) is 16.6. The predicted octanol–water partition coefficient (Wildman–Crippen LogP) is 1.86.